The van der Waals surface area contributed by atoms with Crippen LogP contribution >= 0.6 is 11.3 Å². The van der Waals surface area contributed by atoms with Gasteiger partial charge >= 0.3 is 0 Å². The highest BCUT2D eigenvalue weighted by Gasteiger charge is 2.33. The molecule has 2 heterocycles. The molecule has 1 amide bonds. The molecule has 2 aromatic rings. The highest BCUT2D eigenvalue weighted by molar-refractivity contribution is 7.10. The largest absolute Gasteiger partial charge is 0.493 e. The molecule has 0 radical (unpaired) electrons. The standard InChI is InChI=1S/C26H32N2O5S/c1-4-12-27(16-20(29)18-32-14-5-2)17-26(30)28-13-10-25-21(11-15-34-25)22(28)19-33-24-9-7-6-8-23(24)31-3/h2,4,6-9,11,15,20,22,29H,1,10,12-14,16-19H2,3H3/t20-,22+/m0/s1. The van der Waals surface area contributed by atoms with Crippen LogP contribution in [0.4, 0.5) is 0 Å². The summed E-state index contributed by atoms with van der Waals surface area (Å²) in [5, 5.41) is 12.3. The Morgan fingerprint density at radius 1 is 1.41 bits per heavy atom. The number of rotatable bonds is 13. The van der Waals surface area contributed by atoms with Crippen molar-refractivity contribution in [2.45, 2.75) is 18.6 Å². The lowest BCUT2D eigenvalue weighted by Crippen LogP contribution is -2.48. The number of aliphatic hydroxyl groups excluding tert-OH is 1. The Kier molecular flexibility index (Phi) is 9.98. The molecule has 0 fully saturated rings. The summed E-state index contributed by atoms with van der Waals surface area (Å²) >= 11 is 1.71. The van der Waals surface area contributed by atoms with Crippen molar-refractivity contribution >= 4 is 17.2 Å². The van der Waals surface area contributed by atoms with E-state index in [1.807, 2.05) is 34.1 Å². The molecule has 1 N–H and O–H groups in total. The molecule has 7 nitrogen and oxygen atoms in total. The number of methoxy groups -OCH3 is 1. The molecule has 0 unspecified atom stereocenters. The third-order valence-corrected chi connectivity index (χ3v) is 6.59. The lowest BCUT2D eigenvalue weighted by molar-refractivity contribution is -0.136. The van der Waals surface area contributed by atoms with E-state index < -0.39 is 6.10 Å². The smallest absolute Gasteiger partial charge is 0.237 e. The minimum absolute atomic E-state index is 0.0240. The van der Waals surface area contributed by atoms with Crippen LogP contribution in [0.25, 0.3) is 0 Å². The quantitative estimate of drug-likeness (QED) is 0.268. The minimum Gasteiger partial charge on any atom is -0.493 e. The second-order valence-electron chi connectivity index (χ2n) is 7.97. The van der Waals surface area contributed by atoms with Crippen molar-refractivity contribution in [3.63, 3.8) is 0 Å². The first-order chi connectivity index (χ1) is 16.6. The van der Waals surface area contributed by atoms with Crippen molar-refractivity contribution in [3.05, 3.63) is 58.8 Å². The van der Waals surface area contributed by atoms with Crippen LogP contribution in [0.5, 0.6) is 11.5 Å². The molecule has 2 atom stereocenters. The molecule has 0 bridgehead atoms. The summed E-state index contributed by atoms with van der Waals surface area (Å²) in [6, 6.07) is 9.35. The van der Waals surface area contributed by atoms with E-state index in [-0.39, 0.29) is 38.3 Å². The number of carbonyl (C=O) groups is 1. The Hall–Kier alpha value is -2.83. The lowest BCUT2D eigenvalue weighted by Gasteiger charge is -2.37. The summed E-state index contributed by atoms with van der Waals surface area (Å²) < 4.78 is 16.8. The van der Waals surface area contributed by atoms with Crippen LogP contribution in [-0.4, -0.2) is 80.0 Å². The van der Waals surface area contributed by atoms with Crippen molar-refractivity contribution in [3.8, 4) is 23.8 Å². The number of carbonyl (C=O) groups excluding carboxylic acids is 1. The summed E-state index contributed by atoms with van der Waals surface area (Å²) in [7, 11) is 1.61. The van der Waals surface area contributed by atoms with Gasteiger partial charge in [-0.2, -0.15) is 0 Å². The molecule has 0 aliphatic carbocycles. The number of para-hydroxylation sites is 2. The van der Waals surface area contributed by atoms with Crippen LogP contribution in [0.15, 0.2) is 48.4 Å². The van der Waals surface area contributed by atoms with Gasteiger partial charge in [0, 0.05) is 24.5 Å². The molecule has 1 aromatic heterocycles. The fraction of sp³-hybridized carbons (Fsp3) is 0.423. The molecule has 3 rings (SSSR count). The summed E-state index contributed by atoms with van der Waals surface area (Å²) in [5.74, 6) is 3.65. The first-order valence-corrected chi connectivity index (χ1v) is 12.1. The van der Waals surface area contributed by atoms with Crippen LogP contribution in [0.2, 0.25) is 0 Å². The number of ether oxygens (including phenoxy) is 3. The van der Waals surface area contributed by atoms with E-state index in [2.05, 4.69) is 23.9 Å². The third-order valence-electron chi connectivity index (χ3n) is 5.59. The number of amides is 1. The maximum Gasteiger partial charge on any atom is 0.237 e. The number of terminal acetylenes is 1. The Balaban J connectivity index is 1.70. The second-order valence-corrected chi connectivity index (χ2v) is 8.97. The van der Waals surface area contributed by atoms with Crippen molar-refractivity contribution < 1.29 is 24.1 Å². The molecule has 1 aromatic carbocycles. The average molecular weight is 485 g/mol. The molecular formula is C26H32N2O5S. The topological polar surface area (TPSA) is 71.5 Å². The van der Waals surface area contributed by atoms with E-state index in [4.69, 9.17) is 20.6 Å². The molecule has 0 saturated carbocycles. The van der Waals surface area contributed by atoms with Gasteiger partial charge in [-0.05, 0) is 35.6 Å². The first kappa shape index (κ1) is 25.8. The number of nitrogens with zero attached hydrogens (tertiary/aromatic N) is 2. The van der Waals surface area contributed by atoms with Gasteiger partial charge in [0.2, 0.25) is 5.91 Å². The number of thiophene rings is 1. The number of aliphatic hydroxyl groups is 1. The lowest BCUT2D eigenvalue weighted by atomic mass is 10.0. The fourth-order valence-electron chi connectivity index (χ4n) is 4.05. The van der Waals surface area contributed by atoms with Gasteiger partial charge in [0.1, 0.15) is 13.2 Å². The summed E-state index contributed by atoms with van der Waals surface area (Å²) in [6.07, 6.45) is 6.96. The highest BCUT2D eigenvalue weighted by atomic mass is 32.1. The fourth-order valence-corrected chi connectivity index (χ4v) is 4.98. The maximum absolute atomic E-state index is 13.4. The molecule has 8 heteroatoms. The van der Waals surface area contributed by atoms with Gasteiger partial charge in [0.25, 0.3) is 0 Å². The minimum atomic E-state index is -0.754. The molecule has 1 aliphatic heterocycles. The van der Waals surface area contributed by atoms with Crippen molar-refractivity contribution in [2.24, 2.45) is 0 Å². The van der Waals surface area contributed by atoms with Gasteiger partial charge in [0.05, 0.1) is 32.4 Å². The van der Waals surface area contributed by atoms with E-state index in [1.54, 1.807) is 24.5 Å². The molecule has 34 heavy (non-hydrogen) atoms. The van der Waals surface area contributed by atoms with Crippen LogP contribution in [0, 0.1) is 12.3 Å². The average Bonchev–Trinajstić information content (AvgIpc) is 3.32. The van der Waals surface area contributed by atoms with Crippen molar-refractivity contribution in [1.82, 2.24) is 9.80 Å². The van der Waals surface area contributed by atoms with Gasteiger partial charge in [-0.1, -0.05) is 24.1 Å². The van der Waals surface area contributed by atoms with Gasteiger partial charge in [0.15, 0.2) is 11.5 Å². The molecule has 0 spiro atoms. The number of hydrogen-bond acceptors (Lipinski definition) is 7. The molecular weight excluding hydrogens is 452 g/mol. The van der Waals surface area contributed by atoms with E-state index in [9.17, 15) is 9.90 Å². The van der Waals surface area contributed by atoms with Crippen LogP contribution < -0.4 is 9.47 Å². The molecule has 182 valence electrons. The van der Waals surface area contributed by atoms with Crippen LogP contribution in [-0.2, 0) is 16.0 Å². The molecule has 1 aliphatic rings. The SMILES string of the molecule is C#CCOC[C@@H](O)CN(CC=C)CC(=O)N1CCc2sccc2[C@H]1COc1ccccc1OC. The van der Waals surface area contributed by atoms with Crippen molar-refractivity contribution in [2.75, 3.05) is 53.1 Å². The predicted octanol–water partition coefficient (Wildman–Crippen LogP) is 2.76. The number of fused-ring (bicyclic) bond motifs is 1. The van der Waals surface area contributed by atoms with Gasteiger partial charge in [-0.3, -0.25) is 9.69 Å². The Morgan fingerprint density at radius 2 is 2.21 bits per heavy atom. The van der Waals surface area contributed by atoms with Gasteiger partial charge in [-0.25, -0.2) is 0 Å². The van der Waals surface area contributed by atoms with E-state index in [0.717, 1.165) is 12.0 Å². The zero-order chi connectivity index (χ0) is 24.3. The van der Waals surface area contributed by atoms with Crippen LogP contribution in [0.1, 0.15) is 16.5 Å². The Morgan fingerprint density at radius 3 is 2.94 bits per heavy atom. The van der Waals surface area contributed by atoms with E-state index in [1.165, 1.54) is 4.88 Å². The summed E-state index contributed by atoms with van der Waals surface area (Å²) in [5.41, 5.74) is 1.12. The van der Waals surface area contributed by atoms with Gasteiger partial charge < -0.3 is 24.2 Å². The van der Waals surface area contributed by atoms with E-state index >= 15 is 0 Å². The zero-order valence-corrected chi connectivity index (χ0v) is 20.3. The normalized spacial score (nSPS) is 15.9. The summed E-state index contributed by atoms with van der Waals surface area (Å²) in [6.45, 7) is 5.88. The predicted molar refractivity (Wildman–Crippen MR) is 133 cm³/mol. The first-order valence-electron chi connectivity index (χ1n) is 11.2. The number of benzene rings is 1. The second kappa shape index (κ2) is 13.2. The Labute approximate surface area is 205 Å². The highest BCUT2D eigenvalue weighted by Crippen LogP contribution is 2.35. The molecule has 0 saturated heterocycles. The maximum atomic E-state index is 13.4. The zero-order valence-electron chi connectivity index (χ0n) is 19.5. The van der Waals surface area contributed by atoms with Crippen molar-refractivity contribution in [1.29, 1.82) is 0 Å². The third kappa shape index (κ3) is 6.84. The summed E-state index contributed by atoms with van der Waals surface area (Å²) in [4.78, 5) is 18.5. The van der Waals surface area contributed by atoms with E-state index in [0.29, 0.717) is 31.2 Å². The van der Waals surface area contributed by atoms with Crippen LogP contribution in [0.3, 0.4) is 0 Å². The Bertz CT molecular complexity index is 986. The number of hydrogen-bond donors (Lipinski definition) is 1. The van der Waals surface area contributed by atoms with Gasteiger partial charge in [-0.15, -0.1) is 24.3 Å². The monoisotopic (exact) mass is 484 g/mol.